The van der Waals surface area contributed by atoms with Gasteiger partial charge in [-0.05, 0) is 37.3 Å². The van der Waals surface area contributed by atoms with Crippen LogP contribution in [0.5, 0.6) is 0 Å². The van der Waals surface area contributed by atoms with Crippen molar-refractivity contribution in [3.05, 3.63) is 33.1 Å². The second-order valence-electron chi connectivity index (χ2n) is 4.76. The molecular weight excluding hydrogens is 260 g/mol. The minimum atomic E-state index is -0.0278. The zero-order chi connectivity index (χ0) is 13.2. The number of aromatic amines is 1. The summed E-state index contributed by atoms with van der Waals surface area (Å²) >= 11 is 1.62. The third-order valence-electron chi connectivity index (χ3n) is 3.41. The van der Waals surface area contributed by atoms with Gasteiger partial charge in [0.25, 0.3) is 5.91 Å². The van der Waals surface area contributed by atoms with Crippen molar-refractivity contribution in [3.63, 3.8) is 0 Å². The van der Waals surface area contributed by atoms with Crippen LogP contribution in [0.1, 0.15) is 38.5 Å². The van der Waals surface area contributed by atoms with Gasteiger partial charge in [-0.15, -0.1) is 11.3 Å². The molecule has 0 atom stereocenters. The lowest BCUT2D eigenvalue weighted by Crippen LogP contribution is -2.22. The second kappa shape index (κ2) is 5.05. The Balaban J connectivity index is 1.67. The van der Waals surface area contributed by atoms with Gasteiger partial charge in [-0.3, -0.25) is 9.89 Å². The van der Waals surface area contributed by atoms with Crippen LogP contribution < -0.4 is 11.1 Å². The zero-order valence-corrected chi connectivity index (χ0v) is 11.3. The van der Waals surface area contributed by atoms with Gasteiger partial charge in [-0.25, -0.2) is 0 Å². The molecule has 2 aromatic heterocycles. The van der Waals surface area contributed by atoms with Gasteiger partial charge in [0.05, 0.1) is 11.1 Å². The Morgan fingerprint density at radius 2 is 2.32 bits per heavy atom. The number of anilines is 1. The molecule has 0 radical (unpaired) electrons. The number of thiophene rings is 1. The van der Waals surface area contributed by atoms with Gasteiger partial charge in [0, 0.05) is 17.0 Å². The molecule has 5 nitrogen and oxygen atoms in total. The number of hydrogen-bond acceptors (Lipinski definition) is 4. The lowest BCUT2D eigenvalue weighted by molar-refractivity contribution is 0.0955. The molecule has 1 aliphatic rings. The number of hydrogen-bond donors (Lipinski definition) is 3. The number of nitrogens with two attached hydrogens (primary N) is 1. The van der Waals surface area contributed by atoms with Gasteiger partial charge >= 0.3 is 0 Å². The van der Waals surface area contributed by atoms with Crippen LogP contribution in [0, 0.1) is 0 Å². The molecule has 2 aromatic rings. The average molecular weight is 276 g/mol. The third kappa shape index (κ3) is 2.49. The van der Waals surface area contributed by atoms with Crippen molar-refractivity contribution in [2.24, 2.45) is 0 Å². The van der Waals surface area contributed by atoms with E-state index in [4.69, 9.17) is 5.73 Å². The summed E-state index contributed by atoms with van der Waals surface area (Å²) in [5.41, 5.74) is 7.84. The molecule has 6 heteroatoms. The van der Waals surface area contributed by atoms with Crippen molar-refractivity contribution in [1.82, 2.24) is 15.5 Å². The van der Waals surface area contributed by atoms with Crippen LogP contribution in [0.4, 0.5) is 5.82 Å². The average Bonchev–Trinajstić information content (AvgIpc) is 3.01. The Hall–Kier alpha value is -1.82. The summed E-state index contributed by atoms with van der Waals surface area (Å²) in [6, 6.07) is 2.03. The molecule has 0 unspecified atom stereocenters. The second-order valence-corrected chi connectivity index (χ2v) is 5.89. The van der Waals surface area contributed by atoms with Crippen LogP contribution >= 0.6 is 11.3 Å². The smallest absolute Gasteiger partial charge is 0.261 e. The predicted octanol–water partition coefficient (Wildman–Crippen LogP) is 1.86. The molecule has 1 amide bonds. The van der Waals surface area contributed by atoms with Gasteiger partial charge < -0.3 is 11.1 Å². The van der Waals surface area contributed by atoms with Crippen molar-refractivity contribution in [3.8, 4) is 0 Å². The van der Waals surface area contributed by atoms with Crippen LogP contribution in [0.25, 0.3) is 0 Å². The molecule has 0 saturated heterocycles. The highest BCUT2D eigenvalue weighted by Gasteiger charge is 2.17. The Morgan fingerprint density at radius 1 is 1.47 bits per heavy atom. The Kier molecular flexibility index (Phi) is 3.25. The molecule has 0 bridgehead atoms. The summed E-state index contributed by atoms with van der Waals surface area (Å²) in [4.78, 5) is 14.3. The maximum atomic E-state index is 12.1. The van der Waals surface area contributed by atoms with Crippen molar-refractivity contribution >= 4 is 23.1 Å². The predicted molar refractivity (Wildman–Crippen MR) is 75.1 cm³/mol. The number of carbonyl (C=O) groups is 1. The van der Waals surface area contributed by atoms with E-state index in [9.17, 15) is 4.79 Å². The summed E-state index contributed by atoms with van der Waals surface area (Å²) in [6.07, 6.45) is 6.32. The first kappa shape index (κ1) is 12.2. The normalized spacial score (nSPS) is 14.1. The van der Waals surface area contributed by atoms with Gasteiger partial charge in [-0.1, -0.05) is 0 Å². The number of fused-ring (bicyclic) bond motifs is 1. The molecule has 0 spiro atoms. The Labute approximate surface area is 115 Å². The largest absolute Gasteiger partial charge is 0.384 e. The molecule has 0 aromatic carbocycles. The van der Waals surface area contributed by atoms with E-state index in [1.165, 1.54) is 23.3 Å². The van der Waals surface area contributed by atoms with Crippen molar-refractivity contribution in [2.75, 3.05) is 5.73 Å². The number of amides is 1. The van der Waals surface area contributed by atoms with E-state index in [0.717, 1.165) is 23.3 Å². The van der Waals surface area contributed by atoms with Crippen LogP contribution in [-0.4, -0.2) is 16.1 Å². The monoisotopic (exact) mass is 276 g/mol. The molecule has 2 heterocycles. The topological polar surface area (TPSA) is 83.8 Å². The van der Waals surface area contributed by atoms with Gasteiger partial charge in [0.1, 0.15) is 5.82 Å². The number of aryl methyl sites for hydroxylation is 2. The standard InChI is InChI=1S/C13H16N4OS/c14-12-9(7-16-17-12)6-15-13(18)11-5-8-3-1-2-4-10(8)19-11/h5,7H,1-4,6H2,(H,15,18)(H3,14,16,17). The highest BCUT2D eigenvalue weighted by Crippen LogP contribution is 2.29. The molecule has 4 N–H and O–H groups in total. The van der Waals surface area contributed by atoms with Crippen LogP contribution in [-0.2, 0) is 19.4 Å². The Morgan fingerprint density at radius 3 is 3.05 bits per heavy atom. The highest BCUT2D eigenvalue weighted by atomic mass is 32.1. The minimum absolute atomic E-state index is 0.0278. The van der Waals surface area contributed by atoms with E-state index in [1.807, 2.05) is 6.07 Å². The van der Waals surface area contributed by atoms with E-state index in [0.29, 0.717) is 12.4 Å². The number of H-pyrrole nitrogens is 1. The van der Waals surface area contributed by atoms with Gasteiger partial charge in [0.2, 0.25) is 0 Å². The van der Waals surface area contributed by atoms with E-state index in [1.54, 1.807) is 17.5 Å². The lowest BCUT2D eigenvalue weighted by atomic mass is 9.99. The first-order valence-corrected chi connectivity index (χ1v) is 7.23. The molecular formula is C13H16N4OS. The lowest BCUT2D eigenvalue weighted by Gasteiger charge is -2.08. The molecule has 0 saturated carbocycles. The molecule has 1 aliphatic carbocycles. The van der Waals surface area contributed by atoms with Crippen molar-refractivity contribution in [1.29, 1.82) is 0 Å². The first-order valence-electron chi connectivity index (χ1n) is 6.41. The molecule has 19 heavy (non-hydrogen) atoms. The van der Waals surface area contributed by atoms with E-state index < -0.39 is 0 Å². The fourth-order valence-electron chi connectivity index (χ4n) is 2.33. The SMILES string of the molecule is Nc1[nH]ncc1CNC(=O)c1cc2c(s1)CCCC2. The summed E-state index contributed by atoms with van der Waals surface area (Å²) in [7, 11) is 0. The summed E-state index contributed by atoms with van der Waals surface area (Å²) < 4.78 is 0. The van der Waals surface area contributed by atoms with Crippen molar-refractivity contribution in [2.45, 2.75) is 32.2 Å². The maximum Gasteiger partial charge on any atom is 0.261 e. The quantitative estimate of drug-likeness (QED) is 0.800. The number of nitrogens with one attached hydrogen (secondary N) is 2. The fraction of sp³-hybridized carbons (Fsp3) is 0.385. The number of nitrogen functional groups attached to an aromatic ring is 1. The molecule has 100 valence electrons. The summed E-state index contributed by atoms with van der Waals surface area (Å²) in [6.45, 7) is 0.406. The number of nitrogens with zero attached hydrogens (tertiary/aromatic N) is 1. The van der Waals surface area contributed by atoms with Crippen LogP contribution in [0.2, 0.25) is 0 Å². The summed E-state index contributed by atoms with van der Waals surface area (Å²) in [5.74, 6) is 0.478. The molecule has 3 rings (SSSR count). The van der Waals surface area contributed by atoms with E-state index in [-0.39, 0.29) is 5.91 Å². The first-order chi connectivity index (χ1) is 9.24. The summed E-state index contributed by atoms with van der Waals surface area (Å²) in [5, 5.41) is 9.36. The number of carbonyl (C=O) groups excluding carboxylic acids is 1. The molecule has 0 fully saturated rings. The Bertz CT molecular complexity index is 578. The van der Waals surface area contributed by atoms with Gasteiger partial charge in [-0.2, -0.15) is 5.10 Å². The highest BCUT2D eigenvalue weighted by molar-refractivity contribution is 7.14. The van der Waals surface area contributed by atoms with Gasteiger partial charge in [0.15, 0.2) is 0 Å². The zero-order valence-electron chi connectivity index (χ0n) is 10.5. The number of aromatic nitrogens is 2. The van der Waals surface area contributed by atoms with E-state index >= 15 is 0 Å². The molecule has 0 aliphatic heterocycles. The van der Waals surface area contributed by atoms with E-state index in [2.05, 4.69) is 15.5 Å². The number of rotatable bonds is 3. The maximum absolute atomic E-state index is 12.1. The third-order valence-corrected chi connectivity index (χ3v) is 4.65. The fourth-order valence-corrected chi connectivity index (χ4v) is 3.50. The van der Waals surface area contributed by atoms with Crippen molar-refractivity contribution < 1.29 is 4.79 Å². The van der Waals surface area contributed by atoms with Crippen LogP contribution in [0.15, 0.2) is 12.3 Å². The minimum Gasteiger partial charge on any atom is -0.384 e. The van der Waals surface area contributed by atoms with Crippen LogP contribution in [0.3, 0.4) is 0 Å².